The van der Waals surface area contributed by atoms with Gasteiger partial charge in [-0.1, -0.05) is 23.7 Å². The van der Waals surface area contributed by atoms with Gasteiger partial charge in [0, 0.05) is 16.8 Å². The van der Waals surface area contributed by atoms with Gasteiger partial charge in [-0.2, -0.15) is 0 Å². The first-order valence-corrected chi connectivity index (χ1v) is 6.86. The Morgan fingerprint density at radius 3 is 2.57 bits per heavy atom. The van der Waals surface area contributed by atoms with Crippen LogP contribution < -0.4 is 15.4 Å². The van der Waals surface area contributed by atoms with Gasteiger partial charge in [0.25, 0.3) is 0 Å². The lowest BCUT2D eigenvalue weighted by molar-refractivity contribution is 0.262. The van der Waals surface area contributed by atoms with Crippen molar-refractivity contribution in [2.24, 2.45) is 0 Å². The van der Waals surface area contributed by atoms with Gasteiger partial charge in [-0.15, -0.1) is 0 Å². The molecule has 2 aromatic carbocycles. The van der Waals surface area contributed by atoms with Gasteiger partial charge in [0.1, 0.15) is 5.75 Å². The first-order valence-electron chi connectivity index (χ1n) is 6.48. The SMILES string of the molecule is COc1cc(Cl)c(C)cc1NC(=O)Nc1cccc(C)c1. The number of nitrogens with one attached hydrogen (secondary N) is 2. The molecule has 5 heteroatoms. The maximum absolute atomic E-state index is 12.0. The fraction of sp³-hybridized carbons (Fsp3) is 0.188. The number of hydrogen-bond acceptors (Lipinski definition) is 2. The van der Waals surface area contributed by atoms with Gasteiger partial charge in [0.2, 0.25) is 0 Å². The molecule has 0 aliphatic rings. The monoisotopic (exact) mass is 304 g/mol. The standard InChI is InChI=1S/C16H17ClN2O2/c1-10-5-4-6-12(7-10)18-16(20)19-14-8-11(2)13(17)9-15(14)21-3/h4-9H,1-3H3,(H2,18,19,20). The highest BCUT2D eigenvalue weighted by Crippen LogP contribution is 2.31. The Bertz CT molecular complexity index is 671. The molecule has 0 radical (unpaired) electrons. The van der Waals surface area contributed by atoms with Gasteiger partial charge < -0.3 is 15.4 Å². The lowest BCUT2D eigenvalue weighted by Crippen LogP contribution is -2.20. The van der Waals surface area contributed by atoms with E-state index in [9.17, 15) is 4.79 Å². The third-order valence-electron chi connectivity index (χ3n) is 3.00. The van der Waals surface area contributed by atoms with Crippen molar-refractivity contribution in [3.8, 4) is 5.75 Å². The van der Waals surface area contributed by atoms with Crippen molar-refractivity contribution < 1.29 is 9.53 Å². The van der Waals surface area contributed by atoms with E-state index < -0.39 is 0 Å². The Morgan fingerprint density at radius 1 is 1.14 bits per heavy atom. The molecule has 2 aromatic rings. The molecule has 0 atom stereocenters. The number of hydrogen-bond donors (Lipinski definition) is 2. The smallest absolute Gasteiger partial charge is 0.323 e. The van der Waals surface area contributed by atoms with Crippen molar-refractivity contribution in [1.82, 2.24) is 0 Å². The molecule has 4 nitrogen and oxygen atoms in total. The summed E-state index contributed by atoms with van der Waals surface area (Å²) < 4.78 is 5.22. The summed E-state index contributed by atoms with van der Waals surface area (Å²) in [6, 6.07) is 10.7. The van der Waals surface area contributed by atoms with Crippen LogP contribution in [0.4, 0.5) is 16.2 Å². The Hall–Kier alpha value is -2.20. The summed E-state index contributed by atoms with van der Waals surface area (Å²) in [6.07, 6.45) is 0. The predicted molar refractivity (Wildman–Crippen MR) is 86.6 cm³/mol. The maximum Gasteiger partial charge on any atom is 0.323 e. The lowest BCUT2D eigenvalue weighted by atomic mass is 10.2. The first-order chi connectivity index (χ1) is 9.99. The molecule has 0 aliphatic carbocycles. The van der Waals surface area contributed by atoms with Crippen LogP contribution in [0.3, 0.4) is 0 Å². The van der Waals surface area contributed by atoms with Crippen molar-refractivity contribution in [3.63, 3.8) is 0 Å². The summed E-state index contributed by atoms with van der Waals surface area (Å²) in [5, 5.41) is 6.14. The average molecular weight is 305 g/mol. The molecule has 2 amide bonds. The summed E-state index contributed by atoms with van der Waals surface area (Å²) in [7, 11) is 1.53. The van der Waals surface area contributed by atoms with E-state index in [1.807, 2.05) is 38.1 Å². The molecule has 0 heterocycles. The second-order valence-electron chi connectivity index (χ2n) is 4.75. The lowest BCUT2D eigenvalue weighted by Gasteiger charge is -2.13. The minimum absolute atomic E-state index is 0.333. The van der Waals surface area contributed by atoms with E-state index in [0.29, 0.717) is 16.5 Å². The molecular weight excluding hydrogens is 288 g/mol. The average Bonchev–Trinajstić information content (AvgIpc) is 2.42. The highest BCUT2D eigenvalue weighted by atomic mass is 35.5. The number of methoxy groups -OCH3 is 1. The number of halogens is 1. The Balaban J connectivity index is 2.14. The van der Waals surface area contributed by atoms with Gasteiger partial charge in [0.15, 0.2) is 0 Å². The van der Waals surface area contributed by atoms with E-state index in [1.165, 1.54) is 7.11 Å². The highest BCUT2D eigenvalue weighted by Gasteiger charge is 2.10. The first kappa shape index (κ1) is 15.2. The zero-order valence-corrected chi connectivity index (χ0v) is 12.9. The topological polar surface area (TPSA) is 50.4 Å². The van der Waals surface area contributed by atoms with Gasteiger partial charge in [0.05, 0.1) is 12.8 Å². The molecule has 0 saturated carbocycles. The Morgan fingerprint density at radius 2 is 1.90 bits per heavy atom. The number of carbonyl (C=O) groups is 1. The number of amides is 2. The highest BCUT2D eigenvalue weighted by molar-refractivity contribution is 6.31. The molecule has 0 bridgehead atoms. The number of anilines is 2. The van der Waals surface area contributed by atoms with E-state index in [-0.39, 0.29) is 6.03 Å². The number of rotatable bonds is 3. The third kappa shape index (κ3) is 3.89. The predicted octanol–water partition coefficient (Wildman–Crippen LogP) is 4.61. The van der Waals surface area contributed by atoms with Gasteiger partial charge in [-0.05, 0) is 43.2 Å². The molecule has 0 aliphatic heterocycles. The van der Waals surface area contributed by atoms with Crippen LogP contribution in [0, 0.1) is 13.8 Å². The summed E-state index contributed by atoms with van der Waals surface area (Å²) >= 11 is 6.04. The molecular formula is C16H17ClN2O2. The molecule has 21 heavy (non-hydrogen) atoms. The van der Waals surface area contributed by atoms with Crippen molar-refractivity contribution in [1.29, 1.82) is 0 Å². The zero-order chi connectivity index (χ0) is 15.4. The molecule has 2 rings (SSSR count). The minimum atomic E-state index is -0.333. The summed E-state index contributed by atoms with van der Waals surface area (Å²) in [4.78, 5) is 12.0. The third-order valence-corrected chi connectivity index (χ3v) is 3.41. The van der Waals surface area contributed by atoms with Crippen molar-refractivity contribution >= 4 is 29.0 Å². The van der Waals surface area contributed by atoms with E-state index >= 15 is 0 Å². The van der Waals surface area contributed by atoms with Crippen molar-refractivity contribution in [2.45, 2.75) is 13.8 Å². The largest absolute Gasteiger partial charge is 0.495 e. The van der Waals surface area contributed by atoms with Gasteiger partial charge in [-0.25, -0.2) is 4.79 Å². The van der Waals surface area contributed by atoms with E-state index in [4.69, 9.17) is 16.3 Å². The molecule has 0 saturated heterocycles. The molecule has 0 fully saturated rings. The van der Waals surface area contributed by atoms with Crippen molar-refractivity contribution in [2.75, 3.05) is 17.7 Å². The second-order valence-corrected chi connectivity index (χ2v) is 5.16. The number of benzene rings is 2. The summed E-state index contributed by atoms with van der Waals surface area (Å²) in [5.74, 6) is 0.519. The Kier molecular flexibility index (Phi) is 4.70. The van der Waals surface area contributed by atoms with E-state index in [1.54, 1.807) is 12.1 Å². The van der Waals surface area contributed by atoms with Crippen LogP contribution in [0.15, 0.2) is 36.4 Å². The quantitative estimate of drug-likeness (QED) is 0.870. The Labute approximate surface area is 129 Å². The molecule has 0 unspecified atom stereocenters. The van der Waals surface area contributed by atoms with E-state index in [0.717, 1.165) is 16.8 Å². The summed E-state index contributed by atoms with van der Waals surface area (Å²) in [5.41, 5.74) is 3.25. The number of urea groups is 1. The fourth-order valence-electron chi connectivity index (χ4n) is 1.94. The van der Waals surface area contributed by atoms with Crippen LogP contribution >= 0.6 is 11.6 Å². The van der Waals surface area contributed by atoms with Gasteiger partial charge in [-0.3, -0.25) is 0 Å². The molecule has 0 spiro atoms. The minimum Gasteiger partial charge on any atom is -0.495 e. The number of carbonyl (C=O) groups excluding carboxylic acids is 1. The van der Waals surface area contributed by atoms with Crippen LogP contribution in [0.1, 0.15) is 11.1 Å². The zero-order valence-electron chi connectivity index (χ0n) is 12.2. The summed E-state index contributed by atoms with van der Waals surface area (Å²) in [6.45, 7) is 3.83. The molecule has 110 valence electrons. The van der Waals surface area contributed by atoms with E-state index in [2.05, 4.69) is 10.6 Å². The fourth-order valence-corrected chi connectivity index (χ4v) is 2.09. The normalized spacial score (nSPS) is 10.1. The van der Waals surface area contributed by atoms with Crippen LogP contribution in [0.2, 0.25) is 5.02 Å². The second kappa shape index (κ2) is 6.50. The molecule has 2 N–H and O–H groups in total. The maximum atomic E-state index is 12.0. The number of ether oxygens (including phenoxy) is 1. The van der Waals surface area contributed by atoms with Crippen LogP contribution in [0.25, 0.3) is 0 Å². The number of aryl methyl sites for hydroxylation is 2. The van der Waals surface area contributed by atoms with Crippen LogP contribution in [-0.4, -0.2) is 13.1 Å². The van der Waals surface area contributed by atoms with Crippen LogP contribution in [0.5, 0.6) is 5.75 Å². The van der Waals surface area contributed by atoms with Crippen LogP contribution in [-0.2, 0) is 0 Å². The molecule has 0 aromatic heterocycles. The van der Waals surface area contributed by atoms with Crippen molar-refractivity contribution in [3.05, 3.63) is 52.5 Å². The van der Waals surface area contributed by atoms with Gasteiger partial charge >= 0.3 is 6.03 Å².